The van der Waals surface area contributed by atoms with Crippen LogP contribution in [0.5, 0.6) is 0 Å². The second kappa shape index (κ2) is 10.2. The van der Waals surface area contributed by atoms with Crippen molar-refractivity contribution in [1.82, 2.24) is 10.6 Å². The SMILES string of the molecule is CC(C)CC(NC(=O)CCC1CCNC1)c1cccc(C(F)(F)F)c1.Cl. The molecule has 0 bridgehead atoms. The third-order valence-electron chi connectivity index (χ3n) is 4.60. The smallest absolute Gasteiger partial charge is 0.349 e. The summed E-state index contributed by atoms with van der Waals surface area (Å²) in [6.45, 7) is 5.93. The maximum atomic E-state index is 13.0. The molecule has 2 atom stereocenters. The molecule has 2 N–H and O–H groups in total. The highest BCUT2D eigenvalue weighted by molar-refractivity contribution is 5.85. The summed E-state index contributed by atoms with van der Waals surface area (Å²) in [5.41, 5.74) is -0.163. The van der Waals surface area contributed by atoms with Crippen molar-refractivity contribution in [3.05, 3.63) is 35.4 Å². The number of nitrogens with one attached hydrogen (secondary N) is 2. The molecule has 1 aromatic carbocycles. The maximum Gasteiger partial charge on any atom is 0.416 e. The zero-order valence-corrected chi connectivity index (χ0v) is 16.1. The number of carbonyl (C=O) groups is 1. The monoisotopic (exact) mass is 392 g/mol. The number of hydrogen-bond donors (Lipinski definition) is 2. The summed E-state index contributed by atoms with van der Waals surface area (Å²) in [4.78, 5) is 12.3. The lowest BCUT2D eigenvalue weighted by Gasteiger charge is -2.22. The Kier molecular flexibility index (Phi) is 8.90. The molecule has 0 radical (unpaired) electrons. The summed E-state index contributed by atoms with van der Waals surface area (Å²) < 4.78 is 38.9. The van der Waals surface area contributed by atoms with E-state index in [9.17, 15) is 18.0 Å². The Morgan fingerprint density at radius 1 is 1.35 bits per heavy atom. The van der Waals surface area contributed by atoms with Crippen LogP contribution in [0.3, 0.4) is 0 Å². The lowest BCUT2D eigenvalue weighted by atomic mass is 9.95. The average molecular weight is 393 g/mol. The lowest BCUT2D eigenvalue weighted by Crippen LogP contribution is -2.30. The van der Waals surface area contributed by atoms with Crippen LogP contribution in [0.15, 0.2) is 24.3 Å². The van der Waals surface area contributed by atoms with Crippen molar-refractivity contribution in [3.63, 3.8) is 0 Å². The summed E-state index contributed by atoms with van der Waals surface area (Å²) in [7, 11) is 0. The van der Waals surface area contributed by atoms with E-state index in [0.29, 0.717) is 24.3 Å². The topological polar surface area (TPSA) is 41.1 Å². The molecule has 3 nitrogen and oxygen atoms in total. The fourth-order valence-corrected chi connectivity index (χ4v) is 3.24. The molecule has 26 heavy (non-hydrogen) atoms. The number of carbonyl (C=O) groups excluding carboxylic acids is 1. The van der Waals surface area contributed by atoms with Crippen LogP contribution < -0.4 is 10.6 Å². The summed E-state index contributed by atoms with van der Waals surface area (Å²) in [5, 5.41) is 6.21. The van der Waals surface area contributed by atoms with Crippen LogP contribution in [-0.2, 0) is 11.0 Å². The van der Waals surface area contributed by atoms with Crippen LogP contribution in [0.25, 0.3) is 0 Å². The minimum Gasteiger partial charge on any atom is -0.349 e. The summed E-state index contributed by atoms with van der Waals surface area (Å²) in [6, 6.07) is 4.88. The van der Waals surface area contributed by atoms with Crippen LogP contribution >= 0.6 is 12.4 Å². The number of alkyl halides is 3. The van der Waals surface area contributed by atoms with Crippen LogP contribution in [0.2, 0.25) is 0 Å². The van der Waals surface area contributed by atoms with Gasteiger partial charge in [-0.15, -0.1) is 12.4 Å². The molecule has 0 saturated carbocycles. The Hall–Kier alpha value is -1.27. The van der Waals surface area contributed by atoms with Gasteiger partial charge in [-0.25, -0.2) is 0 Å². The van der Waals surface area contributed by atoms with Gasteiger partial charge in [-0.05, 0) is 61.9 Å². The Labute approximate surface area is 159 Å². The van der Waals surface area contributed by atoms with Crippen molar-refractivity contribution in [3.8, 4) is 0 Å². The normalized spacial score (nSPS) is 18.5. The quantitative estimate of drug-likeness (QED) is 0.704. The Balaban J connectivity index is 0.00000338. The first-order valence-corrected chi connectivity index (χ1v) is 8.93. The summed E-state index contributed by atoms with van der Waals surface area (Å²) in [6.07, 6.45) is -1.46. The standard InChI is InChI=1S/C19H27F3N2O.ClH/c1-13(2)10-17(15-4-3-5-16(11-15)19(20,21)22)24-18(25)7-6-14-8-9-23-12-14;/h3-5,11,13-14,17,23H,6-10,12H2,1-2H3,(H,24,25);1H. The van der Waals surface area contributed by atoms with E-state index >= 15 is 0 Å². The molecule has 1 heterocycles. The highest BCUT2D eigenvalue weighted by Crippen LogP contribution is 2.32. The van der Waals surface area contributed by atoms with Gasteiger partial charge >= 0.3 is 6.18 Å². The van der Waals surface area contributed by atoms with Crippen LogP contribution in [-0.4, -0.2) is 19.0 Å². The Morgan fingerprint density at radius 2 is 2.08 bits per heavy atom. The van der Waals surface area contributed by atoms with Gasteiger partial charge in [0.2, 0.25) is 5.91 Å². The van der Waals surface area contributed by atoms with Crippen molar-refractivity contribution in [1.29, 1.82) is 0 Å². The van der Waals surface area contributed by atoms with Gasteiger partial charge in [0, 0.05) is 6.42 Å². The highest BCUT2D eigenvalue weighted by atomic mass is 35.5. The first-order chi connectivity index (χ1) is 11.8. The molecule has 1 saturated heterocycles. The van der Waals surface area contributed by atoms with E-state index in [4.69, 9.17) is 0 Å². The molecule has 2 rings (SSSR count). The molecule has 0 aromatic heterocycles. The van der Waals surface area contributed by atoms with Crippen molar-refractivity contribution in [2.24, 2.45) is 11.8 Å². The molecular weight excluding hydrogens is 365 g/mol. The van der Waals surface area contributed by atoms with E-state index in [1.807, 2.05) is 13.8 Å². The van der Waals surface area contributed by atoms with Gasteiger partial charge in [0.05, 0.1) is 11.6 Å². The first-order valence-electron chi connectivity index (χ1n) is 8.93. The number of benzene rings is 1. The summed E-state index contributed by atoms with van der Waals surface area (Å²) in [5.74, 6) is 0.691. The lowest BCUT2D eigenvalue weighted by molar-refractivity contribution is -0.137. The van der Waals surface area contributed by atoms with E-state index in [2.05, 4.69) is 10.6 Å². The van der Waals surface area contributed by atoms with Crippen molar-refractivity contribution in [2.75, 3.05) is 13.1 Å². The molecule has 0 spiro atoms. The van der Waals surface area contributed by atoms with Gasteiger partial charge in [-0.2, -0.15) is 13.2 Å². The minimum atomic E-state index is -4.38. The maximum absolute atomic E-state index is 13.0. The largest absolute Gasteiger partial charge is 0.416 e. The summed E-state index contributed by atoms with van der Waals surface area (Å²) >= 11 is 0. The van der Waals surface area contributed by atoms with Crippen LogP contribution in [0.4, 0.5) is 13.2 Å². The average Bonchev–Trinajstić information content (AvgIpc) is 3.05. The van der Waals surface area contributed by atoms with Gasteiger partial charge < -0.3 is 10.6 Å². The number of rotatable bonds is 7. The number of halogens is 4. The predicted octanol–water partition coefficient (Wildman–Crippen LogP) is 4.72. The molecule has 1 amide bonds. The molecule has 148 valence electrons. The van der Waals surface area contributed by atoms with Gasteiger partial charge in [-0.1, -0.05) is 26.0 Å². The van der Waals surface area contributed by atoms with E-state index in [0.717, 1.165) is 38.1 Å². The van der Waals surface area contributed by atoms with Gasteiger partial charge in [-0.3, -0.25) is 4.79 Å². The van der Waals surface area contributed by atoms with Crippen molar-refractivity contribution >= 4 is 18.3 Å². The molecule has 1 aromatic rings. The predicted molar refractivity (Wildman–Crippen MR) is 99.2 cm³/mol. The molecule has 0 aliphatic carbocycles. The van der Waals surface area contributed by atoms with Crippen molar-refractivity contribution < 1.29 is 18.0 Å². The fourth-order valence-electron chi connectivity index (χ4n) is 3.24. The van der Waals surface area contributed by atoms with Gasteiger partial charge in [0.1, 0.15) is 0 Å². The molecule has 1 aliphatic rings. The molecule has 2 unspecified atom stereocenters. The molecule has 1 aliphatic heterocycles. The third kappa shape index (κ3) is 7.16. The second-order valence-electron chi connectivity index (χ2n) is 7.27. The highest BCUT2D eigenvalue weighted by Gasteiger charge is 2.31. The number of amides is 1. The van der Waals surface area contributed by atoms with E-state index in [1.54, 1.807) is 6.07 Å². The van der Waals surface area contributed by atoms with Crippen LogP contribution in [0, 0.1) is 11.8 Å². The fraction of sp³-hybridized carbons (Fsp3) is 0.632. The van der Waals surface area contributed by atoms with E-state index in [-0.39, 0.29) is 24.2 Å². The van der Waals surface area contributed by atoms with Crippen molar-refractivity contribution in [2.45, 2.75) is 51.7 Å². The zero-order chi connectivity index (χ0) is 18.4. The van der Waals surface area contributed by atoms with E-state index < -0.39 is 17.8 Å². The third-order valence-corrected chi connectivity index (χ3v) is 4.60. The van der Waals surface area contributed by atoms with E-state index in [1.165, 1.54) is 6.07 Å². The second-order valence-corrected chi connectivity index (χ2v) is 7.27. The number of hydrogen-bond acceptors (Lipinski definition) is 2. The molecule has 1 fully saturated rings. The van der Waals surface area contributed by atoms with Gasteiger partial charge in [0.25, 0.3) is 0 Å². The zero-order valence-electron chi connectivity index (χ0n) is 15.2. The Bertz CT molecular complexity index is 572. The van der Waals surface area contributed by atoms with Crippen LogP contribution in [0.1, 0.15) is 56.7 Å². The van der Waals surface area contributed by atoms with Gasteiger partial charge in [0.15, 0.2) is 0 Å². The molecule has 7 heteroatoms. The minimum absolute atomic E-state index is 0. The Morgan fingerprint density at radius 3 is 2.65 bits per heavy atom. The first kappa shape index (κ1) is 22.8. The molecular formula is C19H28ClF3N2O.